The average Bonchev–Trinajstić information content (AvgIpc) is 2.72. The summed E-state index contributed by atoms with van der Waals surface area (Å²) in [5, 5.41) is 13.8. The molecule has 1 atom stereocenters. The second-order valence-electron chi connectivity index (χ2n) is 4.90. The van der Waals surface area contributed by atoms with Crippen molar-refractivity contribution in [3.05, 3.63) is 0 Å². The summed E-state index contributed by atoms with van der Waals surface area (Å²) in [5.41, 5.74) is -1.04. The minimum Gasteiger partial charge on any atom is -0.480 e. The van der Waals surface area contributed by atoms with E-state index >= 15 is 0 Å². The Hall–Kier alpha value is -1.67. The lowest BCUT2D eigenvalue weighted by Crippen LogP contribution is -2.53. The molecule has 114 valence electrons. The van der Waals surface area contributed by atoms with Crippen molar-refractivity contribution in [3.8, 4) is 0 Å². The van der Waals surface area contributed by atoms with Crippen LogP contribution in [-0.4, -0.2) is 66.8 Å². The first-order valence-corrected chi connectivity index (χ1v) is 6.45. The predicted molar refractivity (Wildman–Crippen MR) is 70.3 cm³/mol. The van der Waals surface area contributed by atoms with Crippen molar-refractivity contribution in [2.45, 2.75) is 25.3 Å². The van der Waals surface area contributed by atoms with E-state index in [1.807, 2.05) is 0 Å². The molecular weight excluding hydrogens is 266 g/mol. The molecule has 0 aliphatic carbocycles. The second-order valence-corrected chi connectivity index (χ2v) is 4.90. The quantitative estimate of drug-likeness (QED) is 0.563. The maximum absolute atomic E-state index is 11.7. The Morgan fingerprint density at radius 1 is 1.40 bits per heavy atom. The van der Waals surface area contributed by atoms with E-state index in [0.717, 1.165) is 6.42 Å². The van der Waals surface area contributed by atoms with Gasteiger partial charge in [0.2, 0.25) is 5.91 Å². The van der Waals surface area contributed by atoms with E-state index in [1.165, 1.54) is 7.11 Å². The molecule has 20 heavy (non-hydrogen) atoms. The van der Waals surface area contributed by atoms with Crippen LogP contribution in [0.2, 0.25) is 0 Å². The normalized spacial score (nSPS) is 22.5. The number of nitrogens with one attached hydrogen (secondary N) is 2. The van der Waals surface area contributed by atoms with Crippen molar-refractivity contribution < 1.29 is 24.2 Å². The number of methoxy groups -OCH3 is 1. The third kappa shape index (κ3) is 4.17. The number of carbonyl (C=O) groups is 3. The van der Waals surface area contributed by atoms with E-state index in [9.17, 15) is 19.5 Å². The standard InChI is InChI=1S/C12H21N3O5/c1-12(10(17)18)4-3-6-15(12)8-9(16)14-11(19)13-5-7-20-2/h3-8H2,1-2H3,(H,17,18)(H2,13,14,16,19). The highest BCUT2D eigenvalue weighted by Crippen LogP contribution is 2.28. The number of amides is 3. The van der Waals surface area contributed by atoms with Gasteiger partial charge in [-0.2, -0.15) is 0 Å². The zero-order valence-electron chi connectivity index (χ0n) is 11.8. The fourth-order valence-corrected chi connectivity index (χ4v) is 2.17. The zero-order chi connectivity index (χ0) is 15.2. The van der Waals surface area contributed by atoms with Gasteiger partial charge in [-0.25, -0.2) is 4.79 Å². The predicted octanol–water partition coefficient (Wildman–Crippen LogP) is -0.602. The lowest BCUT2D eigenvalue weighted by molar-refractivity contribution is -0.149. The number of hydrogen-bond acceptors (Lipinski definition) is 5. The molecule has 3 N–H and O–H groups in total. The van der Waals surface area contributed by atoms with Gasteiger partial charge in [-0.05, 0) is 26.3 Å². The van der Waals surface area contributed by atoms with E-state index in [0.29, 0.717) is 26.1 Å². The molecule has 1 rings (SSSR count). The van der Waals surface area contributed by atoms with Crippen LogP contribution in [0.1, 0.15) is 19.8 Å². The number of likely N-dealkylation sites (tertiary alicyclic amines) is 1. The fraction of sp³-hybridized carbons (Fsp3) is 0.750. The van der Waals surface area contributed by atoms with Crippen LogP contribution in [0.3, 0.4) is 0 Å². The molecule has 0 spiro atoms. The summed E-state index contributed by atoms with van der Waals surface area (Å²) < 4.78 is 4.76. The van der Waals surface area contributed by atoms with Gasteiger partial charge in [0.15, 0.2) is 0 Å². The number of nitrogens with zero attached hydrogens (tertiary/aromatic N) is 1. The molecule has 0 aromatic heterocycles. The van der Waals surface area contributed by atoms with Crippen molar-refractivity contribution >= 4 is 17.9 Å². The summed E-state index contributed by atoms with van der Waals surface area (Å²) in [4.78, 5) is 35.9. The Balaban J connectivity index is 2.42. The number of carboxylic acid groups (broad SMARTS) is 1. The number of imide groups is 1. The first-order chi connectivity index (χ1) is 9.40. The van der Waals surface area contributed by atoms with Crippen molar-refractivity contribution in [1.82, 2.24) is 15.5 Å². The SMILES string of the molecule is COCCNC(=O)NC(=O)CN1CCCC1(C)C(=O)O. The fourth-order valence-electron chi connectivity index (χ4n) is 2.17. The highest BCUT2D eigenvalue weighted by atomic mass is 16.5. The van der Waals surface area contributed by atoms with Gasteiger partial charge in [0, 0.05) is 13.7 Å². The van der Waals surface area contributed by atoms with Gasteiger partial charge in [-0.3, -0.25) is 19.8 Å². The van der Waals surface area contributed by atoms with Crippen LogP contribution < -0.4 is 10.6 Å². The lowest BCUT2D eigenvalue weighted by atomic mass is 9.99. The molecule has 3 amide bonds. The molecule has 8 nitrogen and oxygen atoms in total. The number of urea groups is 1. The average molecular weight is 287 g/mol. The Kier molecular flexibility index (Phi) is 5.90. The van der Waals surface area contributed by atoms with Gasteiger partial charge in [-0.1, -0.05) is 0 Å². The third-order valence-corrected chi connectivity index (χ3v) is 3.43. The lowest BCUT2D eigenvalue weighted by Gasteiger charge is -2.30. The van der Waals surface area contributed by atoms with E-state index in [-0.39, 0.29) is 6.54 Å². The molecule has 1 unspecified atom stereocenters. The Bertz CT molecular complexity index is 387. The van der Waals surface area contributed by atoms with Crippen LogP contribution in [0.5, 0.6) is 0 Å². The molecule has 0 bridgehead atoms. The number of rotatable bonds is 6. The largest absolute Gasteiger partial charge is 0.480 e. The van der Waals surface area contributed by atoms with Crippen LogP contribution >= 0.6 is 0 Å². The molecule has 0 saturated carbocycles. The van der Waals surface area contributed by atoms with Gasteiger partial charge >= 0.3 is 12.0 Å². The number of hydrogen-bond donors (Lipinski definition) is 3. The number of aliphatic carboxylic acids is 1. The summed E-state index contributed by atoms with van der Waals surface area (Å²) in [5.74, 6) is -1.47. The van der Waals surface area contributed by atoms with Crippen molar-refractivity contribution in [3.63, 3.8) is 0 Å². The topological polar surface area (TPSA) is 108 Å². The molecular formula is C12H21N3O5. The van der Waals surface area contributed by atoms with Gasteiger partial charge in [0.25, 0.3) is 0 Å². The van der Waals surface area contributed by atoms with Gasteiger partial charge in [0.05, 0.1) is 13.2 Å². The van der Waals surface area contributed by atoms with E-state index in [2.05, 4.69) is 10.6 Å². The second kappa shape index (κ2) is 7.20. The van der Waals surface area contributed by atoms with E-state index < -0.39 is 23.4 Å². The number of ether oxygens (including phenoxy) is 1. The molecule has 1 heterocycles. The van der Waals surface area contributed by atoms with Crippen LogP contribution in [0.25, 0.3) is 0 Å². The number of carboxylic acids is 1. The first-order valence-electron chi connectivity index (χ1n) is 6.45. The molecule has 1 fully saturated rings. The summed E-state index contributed by atoms with van der Waals surface area (Å²) in [6.45, 7) is 2.66. The highest BCUT2D eigenvalue weighted by Gasteiger charge is 2.43. The summed E-state index contributed by atoms with van der Waals surface area (Å²) in [6.07, 6.45) is 1.21. The summed E-state index contributed by atoms with van der Waals surface area (Å²) >= 11 is 0. The zero-order valence-corrected chi connectivity index (χ0v) is 11.8. The van der Waals surface area contributed by atoms with Crippen LogP contribution in [0.15, 0.2) is 0 Å². The molecule has 0 radical (unpaired) electrons. The first kappa shape index (κ1) is 16.4. The summed E-state index contributed by atoms with van der Waals surface area (Å²) in [7, 11) is 1.50. The van der Waals surface area contributed by atoms with Crippen LogP contribution in [-0.2, 0) is 14.3 Å². The Morgan fingerprint density at radius 2 is 2.10 bits per heavy atom. The minimum atomic E-state index is -1.04. The van der Waals surface area contributed by atoms with Gasteiger partial charge < -0.3 is 15.2 Å². The van der Waals surface area contributed by atoms with Gasteiger partial charge in [0.1, 0.15) is 5.54 Å². The smallest absolute Gasteiger partial charge is 0.323 e. The molecule has 8 heteroatoms. The molecule has 1 aliphatic rings. The summed E-state index contributed by atoms with van der Waals surface area (Å²) in [6, 6.07) is -0.608. The van der Waals surface area contributed by atoms with Crippen molar-refractivity contribution in [2.24, 2.45) is 0 Å². The maximum Gasteiger partial charge on any atom is 0.323 e. The minimum absolute atomic E-state index is 0.111. The van der Waals surface area contributed by atoms with Gasteiger partial charge in [-0.15, -0.1) is 0 Å². The molecule has 1 saturated heterocycles. The molecule has 0 aromatic carbocycles. The third-order valence-electron chi connectivity index (χ3n) is 3.43. The molecule has 0 aromatic rings. The van der Waals surface area contributed by atoms with Crippen LogP contribution in [0.4, 0.5) is 4.79 Å². The van der Waals surface area contributed by atoms with Crippen LogP contribution in [0, 0.1) is 0 Å². The Labute approximate surface area is 117 Å². The van der Waals surface area contributed by atoms with Crippen molar-refractivity contribution in [1.29, 1.82) is 0 Å². The van der Waals surface area contributed by atoms with E-state index in [1.54, 1.807) is 11.8 Å². The van der Waals surface area contributed by atoms with E-state index in [4.69, 9.17) is 4.74 Å². The van der Waals surface area contributed by atoms with Crippen molar-refractivity contribution in [2.75, 3.05) is 33.4 Å². The highest BCUT2D eigenvalue weighted by molar-refractivity contribution is 5.95. The maximum atomic E-state index is 11.7. The monoisotopic (exact) mass is 287 g/mol. The Morgan fingerprint density at radius 3 is 2.70 bits per heavy atom. The number of carbonyl (C=O) groups excluding carboxylic acids is 2. The molecule has 1 aliphatic heterocycles.